The van der Waals surface area contributed by atoms with Gasteiger partial charge in [-0.1, -0.05) is 23.2 Å². The number of carboxylic acids is 1. The Labute approximate surface area is 134 Å². The molecule has 2 rings (SSSR count). The zero-order valence-corrected chi connectivity index (χ0v) is 13.0. The van der Waals surface area contributed by atoms with Gasteiger partial charge in [0.1, 0.15) is 16.2 Å². The van der Waals surface area contributed by atoms with E-state index in [1.807, 2.05) is 0 Å². The lowest BCUT2D eigenvalue weighted by Gasteiger charge is -2.11. The molecule has 1 heterocycles. The van der Waals surface area contributed by atoms with E-state index in [9.17, 15) is 14.7 Å². The molecule has 0 saturated heterocycles. The fourth-order valence-electron chi connectivity index (χ4n) is 1.68. The first-order valence-corrected chi connectivity index (χ1v) is 7.23. The van der Waals surface area contributed by atoms with Gasteiger partial charge in [0.05, 0.1) is 22.8 Å². The monoisotopic (exact) mass is 345 g/mol. The van der Waals surface area contributed by atoms with Gasteiger partial charge in [-0.15, -0.1) is 11.3 Å². The summed E-state index contributed by atoms with van der Waals surface area (Å²) in [4.78, 5) is 23.8. The number of carboxylic acid groups (broad SMARTS) is 1. The summed E-state index contributed by atoms with van der Waals surface area (Å²) in [6, 6.07) is 4.41. The first-order valence-electron chi connectivity index (χ1n) is 5.59. The highest BCUT2D eigenvalue weighted by atomic mass is 35.5. The third kappa shape index (κ3) is 3.12. The minimum Gasteiger partial charge on any atom is -0.495 e. The van der Waals surface area contributed by atoms with E-state index in [-0.39, 0.29) is 21.3 Å². The fourth-order valence-corrected chi connectivity index (χ4v) is 2.87. The maximum atomic E-state index is 12.2. The van der Waals surface area contributed by atoms with Crippen molar-refractivity contribution in [2.45, 2.75) is 0 Å². The first kappa shape index (κ1) is 15.6. The number of hydrogen-bond acceptors (Lipinski definition) is 4. The van der Waals surface area contributed by atoms with Crippen LogP contribution in [0.2, 0.25) is 10.0 Å². The normalized spacial score (nSPS) is 10.2. The standard InChI is InChI=1S/C13H9Cl2NO4S/c1-20-8-4-5-21-11(8)12(17)16-10-7(15)3-2-6(14)9(10)13(18)19/h2-5H,1H3,(H,16,17)(H,18,19). The van der Waals surface area contributed by atoms with E-state index in [4.69, 9.17) is 27.9 Å². The van der Waals surface area contributed by atoms with Crippen molar-refractivity contribution in [1.29, 1.82) is 0 Å². The molecule has 0 spiro atoms. The van der Waals surface area contributed by atoms with Crippen molar-refractivity contribution in [3.63, 3.8) is 0 Å². The van der Waals surface area contributed by atoms with Gasteiger partial charge in [0.25, 0.3) is 5.91 Å². The second kappa shape index (κ2) is 6.34. The molecule has 5 nitrogen and oxygen atoms in total. The topological polar surface area (TPSA) is 75.6 Å². The summed E-state index contributed by atoms with van der Waals surface area (Å²) in [7, 11) is 1.44. The lowest BCUT2D eigenvalue weighted by molar-refractivity contribution is 0.0698. The molecule has 0 radical (unpaired) electrons. The average molecular weight is 346 g/mol. The number of carbonyl (C=O) groups excluding carboxylic acids is 1. The van der Waals surface area contributed by atoms with Crippen molar-refractivity contribution < 1.29 is 19.4 Å². The van der Waals surface area contributed by atoms with E-state index >= 15 is 0 Å². The Balaban J connectivity index is 2.42. The molecule has 2 aromatic rings. The zero-order valence-electron chi connectivity index (χ0n) is 10.6. The van der Waals surface area contributed by atoms with Crippen molar-refractivity contribution in [3.8, 4) is 5.75 Å². The molecule has 21 heavy (non-hydrogen) atoms. The van der Waals surface area contributed by atoms with E-state index in [1.165, 1.54) is 30.6 Å². The van der Waals surface area contributed by atoms with Crippen LogP contribution in [0.5, 0.6) is 5.75 Å². The average Bonchev–Trinajstić information content (AvgIpc) is 2.90. The number of nitrogens with one attached hydrogen (secondary N) is 1. The number of rotatable bonds is 4. The predicted molar refractivity (Wildman–Crippen MR) is 82.2 cm³/mol. The summed E-state index contributed by atoms with van der Waals surface area (Å²) < 4.78 is 5.05. The van der Waals surface area contributed by atoms with Crippen molar-refractivity contribution in [2.75, 3.05) is 12.4 Å². The second-order valence-corrected chi connectivity index (χ2v) is 5.59. The van der Waals surface area contributed by atoms with Crippen molar-refractivity contribution in [3.05, 3.63) is 44.1 Å². The molecular formula is C13H9Cl2NO4S. The number of carbonyl (C=O) groups is 2. The molecule has 0 unspecified atom stereocenters. The van der Waals surface area contributed by atoms with Gasteiger partial charge in [-0.25, -0.2) is 4.79 Å². The number of anilines is 1. The third-order valence-electron chi connectivity index (χ3n) is 2.61. The number of amides is 1. The van der Waals surface area contributed by atoms with Gasteiger partial charge < -0.3 is 15.2 Å². The molecule has 0 fully saturated rings. The molecule has 0 atom stereocenters. The van der Waals surface area contributed by atoms with Gasteiger partial charge in [0.15, 0.2) is 0 Å². The highest BCUT2D eigenvalue weighted by Crippen LogP contribution is 2.33. The molecule has 1 aromatic heterocycles. The Bertz CT molecular complexity index is 714. The van der Waals surface area contributed by atoms with Crippen LogP contribution in [0.15, 0.2) is 23.6 Å². The third-order valence-corrected chi connectivity index (χ3v) is 4.14. The number of hydrogen-bond donors (Lipinski definition) is 2. The van der Waals surface area contributed by atoms with Gasteiger partial charge >= 0.3 is 5.97 Å². The number of aromatic carboxylic acids is 1. The number of methoxy groups -OCH3 is 1. The van der Waals surface area contributed by atoms with Crippen molar-refractivity contribution >= 4 is 52.1 Å². The Morgan fingerprint density at radius 2 is 1.90 bits per heavy atom. The second-order valence-electron chi connectivity index (χ2n) is 3.86. The lowest BCUT2D eigenvalue weighted by Crippen LogP contribution is -2.15. The van der Waals surface area contributed by atoms with Gasteiger partial charge in [-0.3, -0.25) is 4.79 Å². The molecular weight excluding hydrogens is 337 g/mol. The van der Waals surface area contributed by atoms with E-state index < -0.39 is 11.9 Å². The Morgan fingerprint density at radius 3 is 2.52 bits per heavy atom. The zero-order chi connectivity index (χ0) is 15.6. The van der Waals surface area contributed by atoms with Crippen LogP contribution in [-0.2, 0) is 0 Å². The maximum absolute atomic E-state index is 12.2. The van der Waals surface area contributed by atoms with Gasteiger partial charge in [-0.05, 0) is 23.6 Å². The van der Waals surface area contributed by atoms with Crippen LogP contribution >= 0.6 is 34.5 Å². The van der Waals surface area contributed by atoms with Crippen LogP contribution < -0.4 is 10.1 Å². The van der Waals surface area contributed by atoms with Gasteiger partial charge in [0.2, 0.25) is 0 Å². The van der Waals surface area contributed by atoms with E-state index in [0.717, 1.165) is 0 Å². The summed E-state index contributed by atoms with van der Waals surface area (Å²) in [5, 5.41) is 13.4. The van der Waals surface area contributed by atoms with E-state index in [1.54, 1.807) is 11.4 Å². The fraction of sp³-hybridized carbons (Fsp3) is 0.0769. The number of ether oxygens (including phenoxy) is 1. The Hall–Kier alpha value is -1.76. The largest absolute Gasteiger partial charge is 0.495 e. The van der Waals surface area contributed by atoms with Gasteiger partial charge in [0, 0.05) is 0 Å². The van der Waals surface area contributed by atoms with Crippen molar-refractivity contribution in [1.82, 2.24) is 0 Å². The Morgan fingerprint density at radius 1 is 1.24 bits per heavy atom. The molecule has 2 N–H and O–H groups in total. The Kier molecular flexibility index (Phi) is 4.72. The molecule has 1 amide bonds. The summed E-state index contributed by atoms with van der Waals surface area (Å²) >= 11 is 13.0. The molecule has 0 aliphatic carbocycles. The molecule has 0 bridgehead atoms. The SMILES string of the molecule is COc1ccsc1C(=O)Nc1c(Cl)ccc(Cl)c1C(=O)O. The van der Waals surface area contributed by atoms with Crippen LogP contribution in [0.25, 0.3) is 0 Å². The molecule has 1 aromatic carbocycles. The van der Waals surface area contributed by atoms with Crippen LogP contribution in [-0.4, -0.2) is 24.1 Å². The quantitative estimate of drug-likeness (QED) is 0.877. The first-order chi connectivity index (χ1) is 9.95. The smallest absolute Gasteiger partial charge is 0.339 e. The van der Waals surface area contributed by atoms with Crippen LogP contribution in [0.3, 0.4) is 0 Å². The van der Waals surface area contributed by atoms with E-state index in [0.29, 0.717) is 10.6 Å². The minimum atomic E-state index is -1.28. The number of thiophene rings is 1. The van der Waals surface area contributed by atoms with Crippen molar-refractivity contribution in [2.24, 2.45) is 0 Å². The predicted octanol–water partition coefficient (Wildman–Crippen LogP) is 4.01. The molecule has 0 saturated carbocycles. The van der Waals surface area contributed by atoms with Gasteiger partial charge in [-0.2, -0.15) is 0 Å². The van der Waals surface area contributed by atoms with E-state index in [2.05, 4.69) is 5.32 Å². The number of benzene rings is 1. The molecule has 0 aliphatic rings. The maximum Gasteiger partial charge on any atom is 0.339 e. The summed E-state index contributed by atoms with van der Waals surface area (Å²) in [6.45, 7) is 0. The summed E-state index contributed by atoms with van der Waals surface area (Å²) in [5.74, 6) is -1.41. The summed E-state index contributed by atoms with van der Waals surface area (Å²) in [6.07, 6.45) is 0. The highest BCUT2D eigenvalue weighted by Gasteiger charge is 2.22. The van der Waals surface area contributed by atoms with Crippen LogP contribution in [0.4, 0.5) is 5.69 Å². The minimum absolute atomic E-state index is 0.0136. The molecule has 8 heteroatoms. The van der Waals surface area contributed by atoms with Crippen LogP contribution in [0, 0.1) is 0 Å². The summed E-state index contributed by atoms with van der Waals surface area (Å²) in [5.41, 5.74) is -0.301. The molecule has 110 valence electrons. The lowest BCUT2D eigenvalue weighted by atomic mass is 10.1. The van der Waals surface area contributed by atoms with Crippen LogP contribution in [0.1, 0.15) is 20.0 Å². The highest BCUT2D eigenvalue weighted by molar-refractivity contribution is 7.12. The number of halogens is 2. The molecule has 0 aliphatic heterocycles.